The minimum atomic E-state index is -0.0113. The lowest BCUT2D eigenvalue weighted by Gasteiger charge is -2.20. The standard InChI is InChI=1S/C18H19NO/c1-3-19(4-2)17-12-9-15(10-13-17)11-14-18(20)16-7-5-6-8-16/h5-7,9-14H,3-4H2,1-2H3/b14-11+. The van der Waals surface area contributed by atoms with Crippen molar-refractivity contribution < 1.29 is 4.79 Å². The first kappa shape index (κ1) is 14.1. The smallest absolute Gasteiger partial charge is 0.193 e. The molecule has 2 rings (SSSR count). The minimum absolute atomic E-state index is 0.0113. The quantitative estimate of drug-likeness (QED) is 0.576. The van der Waals surface area contributed by atoms with Crippen molar-refractivity contribution in [3.8, 4) is 0 Å². The Morgan fingerprint density at radius 1 is 1.20 bits per heavy atom. The molecule has 0 bridgehead atoms. The van der Waals surface area contributed by atoms with Crippen LogP contribution >= 0.6 is 0 Å². The molecule has 0 aliphatic heterocycles. The SMILES string of the molecule is CCN(CC)c1ccc(/C=C/C(=O)C2=C=CC=C2)cc1. The third-order valence-electron chi connectivity index (χ3n) is 3.31. The van der Waals surface area contributed by atoms with E-state index in [4.69, 9.17) is 0 Å². The molecule has 20 heavy (non-hydrogen) atoms. The fourth-order valence-electron chi connectivity index (χ4n) is 2.13. The van der Waals surface area contributed by atoms with Gasteiger partial charge in [-0.2, -0.15) is 0 Å². The van der Waals surface area contributed by atoms with Gasteiger partial charge in [0.2, 0.25) is 0 Å². The maximum absolute atomic E-state index is 11.8. The Balaban J connectivity index is 2.05. The van der Waals surface area contributed by atoms with Gasteiger partial charge in [-0.05, 0) is 49.8 Å². The highest BCUT2D eigenvalue weighted by Crippen LogP contribution is 2.16. The van der Waals surface area contributed by atoms with E-state index in [1.54, 1.807) is 18.2 Å². The van der Waals surface area contributed by atoms with Crippen molar-refractivity contribution in [3.05, 3.63) is 65.4 Å². The monoisotopic (exact) mass is 265 g/mol. The van der Waals surface area contributed by atoms with Gasteiger partial charge in [0.05, 0.1) is 5.57 Å². The summed E-state index contributed by atoms with van der Waals surface area (Å²) in [6.07, 6.45) is 8.78. The zero-order valence-corrected chi connectivity index (χ0v) is 12.0. The van der Waals surface area contributed by atoms with Gasteiger partial charge in [0.1, 0.15) is 0 Å². The first-order chi connectivity index (χ1) is 9.74. The van der Waals surface area contributed by atoms with Gasteiger partial charge in [0.15, 0.2) is 5.78 Å². The molecule has 102 valence electrons. The van der Waals surface area contributed by atoms with Crippen LogP contribution in [0.25, 0.3) is 6.08 Å². The Morgan fingerprint density at radius 3 is 2.45 bits per heavy atom. The molecule has 0 heterocycles. The summed E-state index contributed by atoms with van der Waals surface area (Å²) in [4.78, 5) is 14.1. The molecule has 2 heteroatoms. The number of ketones is 1. The van der Waals surface area contributed by atoms with Crippen molar-refractivity contribution in [2.45, 2.75) is 13.8 Å². The summed E-state index contributed by atoms with van der Waals surface area (Å²) in [6.45, 7) is 6.28. The summed E-state index contributed by atoms with van der Waals surface area (Å²) in [6, 6.07) is 8.25. The molecule has 0 saturated heterocycles. The molecule has 1 aliphatic rings. The Hall–Kier alpha value is -2.31. The van der Waals surface area contributed by atoms with E-state index in [1.165, 1.54) is 5.69 Å². The number of rotatable bonds is 6. The lowest BCUT2D eigenvalue weighted by atomic mass is 10.1. The number of carbonyl (C=O) groups excluding carboxylic acids is 1. The number of nitrogens with zero attached hydrogens (tertiary/aromatic N) is 1. The van der Waals surface area contributed by atoms with Gasteiger partial charge < -0.3 is 4.90 Å². The van der Waals surface area contributed by atoms with E-state index < -0.39 is 0 Å². The van der Waals surface area contributed by atoms with Gasteiger partial charge >= 0.3 is 0 Å². The lowest BCUT2D eigenvalue weighted by Crippen LogP contribution is -2.21. The average molecular weight is 265 g/mol. The van der Waals surface area contributed by atoms with Crippen LogP contribution in [0.1, 0.15) is 19.4 Å². The molecule has 0 saturated carbocycles. The number of carbonyl (C=O) groups is 1. The highest BCUT2D eigenvalue weighted by molar-refractivity contribution is 6.08. The van der Waals surface area contributed by atoms with Gasteiger partial charge in [-0.15, -0.1) is 5.73 Å². The molecule has 1 aromatic rings. The Labute approximate surface area is 120 Å². The van der Waals surface area contributed by atoms with Crippen molar-refractivity contribution >= 4 is 17.5 Å². The molecule has 0 fully saturated rings. The predicted molar refractivity (Wildman–Crippen MR) is 84.8 cm³/mol. The number of hydrogen-bond acceptors (Lipinski definition) is 2. The van der Waals surface area contributed by atoms with E-state index in [-0.39, 0.29) is 5.78 Å². The third kappa shape index (κ3) is 3.37. The van der Waals surface area contributed by atoms with Crippen LogP contribution < -0.4 is 4.90 Å². The van der Waals surface area contributed by atoms with Crippen molar-refractivity contribution in [2.75, 3.05) is 18.0 Å². The molecule has 0 amide bonds. The second kappa shape index (κ2) is 6.74. The molecule has 0 atom stereocenters. The summed E-state index contributed by atoms with van der Waals surface area (Å²) in [5.74, 6) is -0.0113. The highest BCUT2D eigenvalue weighted by Gasteiger charge is 2.03. The minimum Gasteiger partial charge on any atom is -0.372 e. The summed E-state index contributed by atoms with van der Waals surface area (Å²) < 4.78 is 0. The van der Waals surface area contributed by atoms with Crippen LogP contribution in [-0.2, 0) is 4.79 Å². The van der Waals surface area contributed by atoms with Crippen LogP contribution in [0.2, 0.25) is 0 Å². The van der Waals surface area contributed by atoms with Crippen LogP contribution in [-0.4, -0.2) is 18.9 Å². The van der Waals surface area contributed by atoms with Gasteiger partial charge in [-0.1, -0.05) is 24.3 Å². The Bertz CT molecular complexity index is 595. The molecule has 0 spiro atoms. The zero-order valence-electron chi connectivity index (χ0n) is 12.0. The van der Waals surface area contributed by atoms with Gasteiger partial charge in [-0.3, -0.25) is 4.79 Å². The number of allylic oxidation sites excluding steroid dienone is 4. The van der Waals surface area contributed by atoms with Gasteiger partial charge in [-0.25, -0.2) is 0 Å². The predicted octanol–water partition coefficient (Wildman–Crippen LogP) is 3.77. The molecule has 2 nitrogen and oxygen atoms in total. The average Bonchev–Trinajstić information content (AvgIpc) is 3.01. The fraction of sp³-hybridized carbons (Fsp3) is 0.222. The van der Waals surface area contributed by atoms with E-state index in [0.29, 0.717) is 5.57 Å². The summed E-state index contributed by atoms with van der Waals surface area (Å²) in [7, 11) is 0. The Kier molecular flexibility index (Phi) is 4.75. The van der Waals surface area contributed by atoms with E-state index in [1.807, 2.05) is 24.3 Å². The summed E-state index contributed by atoms with van der Waals surface area (Å²) in [5.41, 5.74) is 5.76. The molecule has 0 aromatic heterocycles. The van der Waals surface area contributed by atoms with E-state index in [9.17, 15) is 4.79 Å². The first-order valence-electron chi connectivity index (χ1n) is 6.95. The van der Waals surface area contributed by atoms with Crippen LogP contribution in [0, 0.1) is 0 Å². The van der Waals surface area contributed by atoms with E-state index in [2.05, 4.69) is 36.6 Å². The normalized spacial score (nSPS) is 13.0. The number of hydrogen-bond donors (Lipinski definition) is 0. The molecular weight excluding hydrogens is 246 g/mol. The maximum Gasteiger partial charge on any atom is 0.193 e. The molecule has 0 unspecified atom stereocenters. The van der Waals surface area contributed by atoms with Crippen molar-refractivity contribution in [1.82, 2.24) is 0 Å². The molecule has 0 radical (unpaired) electrons. The van der Waals surface area contributed by atoms with Crippen LogP contribution in [0.5, 0.6) is 0 Å². The van der Waals surface area contributed by atoms with E-state index >= 15 is 0 Å². The summed E-state index contributed by atoms with van der Waals surface area (Å²) in [5, 5.41) is 0. The third-order valence-corrected chi connectivity index (χ3v) is 3.31. The number of anilines is 1. The fourth-order valence-corrected chi connectivity index (χ4v) is 2.13. The largest absolute Gasteiger partial charge is 0.372 e. The molecule has 1 aliphatic carbocycles. The molecule has 0 N–H and O–H groups in total. The second-order valence-corrected chi connectivity index (χ2v) is 4.55. The van der Waals surface area contributed by atoms with Gasteiger partial charge in [0, 0.05) is 18.8 Å². The molecular formula is C18H19NO. The zero-order chi connectivity index (χ0) is 14.4. The maximum atomic E-state index is 11.8. The Morgan fingerprint density at radius 2 is 1.90 bits per heavy atom. The van der Waals surface area contributed by atoms with Crippen molar-refractivity contribution in [1.29, 1.82) is 0 Å². The highest BCUT2D eigenvalue weighted by atomic mass is 16.1. The first-order valence-corrected chi connectivity index (χ1v) is 6.95. The number of benzene rings is 1. The van der Waals surface area contributed by atoms with Crippen molar-refractivity contribution in [2.24, 2.45) is 0 Å². The lowest BCUT2D eigenvalue weighted by molar-refractivity contribution is -0.110. The van der Waals surface area contributed by atoms with Crippen LogP contribution in [0.3, 0.4) is 0 Å². The second-order valence-electron chi connectivity index (χ2n) is 4.55. The summed E-state index contributed by atoms with van der Waals surface area (Å²) >= 11 is 0. The topological polar surface area (TPSA) is 20.3 Å². The van der Waals surface area contributed by atoms with Crippen molar-refractivity contribution in [3.63, 3.8) is 0 Å². The van der Waals surface area contributed by atoms with E-state index in [0.717, 1.165) is 18.7 Å². The van der Waals surface area contributed by atoms with Crippen LogP contribution in [0.4, 0.5) is 5.69 Å². The van der Waals surface area contributed by atoms with Crippen LogP contribution in [0.15, 0.2) is 59.9 Å². The van der Waals surface area contributed by atoms with Gasteiger partial charge in [0.25, 0.3) is 0 Å². The molecule has 1 aromatic carbocycles.